The third-order valence-corrected chi connectivity index (χ3v) is 4.36. The zero-order chi connectivity index (χ0) is 17.8. The molecule has 11 heteroatoms. The van der Waals surface area contributed by atoms with Gasteiger partial charge >= 0.3 is 6.18 Å². The number of carbonyl (C=O) groups excluding carboxylic acids is 1. The number of hydrogen-bond acceptors (Lipinski definition) is 6. The van der Waals surface area contributed by atoms with Gasteiger partial charge in [0.1, 0.15) is 0 Å². The van der Waals surface area contributed by atoms with Crippen LogP contribution in [-0.2, 0) is 4.79 Å². The molecule has 0 aliphatic carbocycles. The number of benzene rings is 1. The molecule has 0 unspecified atom stereocenters. The summed E-state index contributed by atoms with van der Waals surface area (Å²) in [5, 5.41) is 10.6. The summed E-state index contributed by atoms with van der Waals surface area (Å²) in [4.78, 5) is 15.7. The molecule has 25 heavy (non-hydrogen) atoms. The summed E-state index contributed by atoms with van der Waals surface area (Å²) in [6, 6.07) is 4.85. The van der Waals surface area contributed by atoms with Gasteiger partial charge in [-0.25, -0.2) is 0 Å². The molecular weight excluding hydrogens is 361 g/mol. The third kappa shape index (κ3) is 2.65. The van der Waals surface area contributed by atoms with E-state index in [1.807, 2.05) is 0 Å². The van der Waals surface area contributed by atoms with Crippen molar-refractivity contribution in [2.45, 2.75) is 6.18 Å². The smallest absolute Gasteiger partial charge is 0.441 e. The van der Waals surface area contributed by atoms with E-state index in [0.29, 0.717) is 22.1 Å². The van der Waals surface area contributed by atoms with Crippen molar-refractivity contribution in [3.8, 4) is 11.5 Å². The summed E-state index contributed by atoms with van der Waals surface area (Å²) >= 11 is 0.209. The van der Waals surface area contributed by atoms with Crippen LogP contribution in [0.3, 0.4) is 0 Å². The van der Waals surface area contributed by atoms with Crippen molar-refractivity contribution in [1.29, 1.82) is 5.41 Å². The van der Waals surface area contributed by atoms with Crippen LogP contribution in [0.1, 0.15) is 5.56 Å². The number of carbonyl (C=O) groups is 1. The van der Waals surface area contributed by atoms with Crippen LogP contribution in [-0.4, -0.2) is 39.9 Å². The number of hydrogen-bond donors (Lipinski definition) is 1. The van der Waals surface area contributed by atoms with Crippen LogP contribution in [0, 0.1) is 5.41 Å². The van der Waals surface area contributed by atoms with Gasteiger partial charge in [0.05, 0.1) is 5.57 Å². The molecule has 4 rings (SSSR count). The SMILES string of the molecule is N=C1/C(=C\c2ccc3c(c2)OCO3)C(=O)N=C2SC(C(F)(F)F)=NN12. The van der Waals surface area contributed by atoms with Crippen LogP contribution >= 0.6 is 11.8 Å². The maximum atomic E-state index is 12.8. The molecule has 0 radical (unpaired) electrons. The first-order valence-corrected chi connectivity index (χ1v) is 7.61. The topological polar surface area (TPSA) is 87.3 Å². The molecule has 0 bridgehead atoms. The maximum Gasteiger partial charge on any atom is 0.441 e. The summed E-state index contributed by atoms with van der Waals surface area (Å²) < 4.78 is 48.7. The van der Waals surface area contributed by atoms with E-state index in [2.05, 4.69) is 10.1 Å². The lowest BCUT2D eigenvalue weighted by molar-refractivity contribution is -0.114. The van der Waals surface area contributed by atoms with E-state index in [4.69, 9.17) is 14.9 Å². The van der Waals surface area contributed by atoms with E-state index in [-0.39, 0.29) is 29.3 Å². The third-order valence-electron chi connectivity index (χ3n) is 3.40. The second kappa shape index (κ2) is 5.34. The highest BCUT2D eigenvalue weighted by atomic mass is 32.2. The fourth-order valence-corrected chi connectivity index (χ4v) is 3.03. The Morgan fingerprint density at radius 1 is 1.28 bits per heavy atom. The number of ether oxygens (including phenoxy) is 2. The first kappa shape index (κ1) is 15.7. The number of thioether (sulfide) groups is 1. The van der Waals surface area contributed by atoms with Crippen molar-refractivity contribution in [3.05, 3.63) is 29.3 Å². The van der Waals surface area contributed by atoms with E-state index in [0.717, 1.165) is 0 Å². The van der Waals surface area contributed by atoms with E-state index in [9.17, 15) is 18.0 Å². The number of amidine groups is 2. The Morgan fingerprint density at radius 3 is 2.80 bits per heavy atom. The molecule has 0 spiro atoms. The second-order valence-corrected chi connectivity index (χ2v) is 5.99. The average Bonchev–Trinajstić information content (AvgIpc) is 3.16. The Kier molecular flexibility index (Phi) is 3.35. The molecule has 1 aromatic rings. The molecule has 0 atom stereocenters. The number of nitrogens with zero attached hydrogens (tertiary/aromatic N) is 3. The van der Waals surface area contributed by atoms with Crippen molar-refractivity contribution in [1.82, 2.24) is 5.01 Å². The molecular formula is C14H7F3N4O3S. The summed E-state index contributed by atoms with van der Waals surface area (Å²) in [5.74, 6) is -0.259. The number of aliphatic imine (C=N–C) groups is 1. The van der Waals surface area contributed by atoms with Crippen molar-refractivity contribution in [2.24, 2.45) is 10.1 Å². The van der Waals surface area contributed by atoms with Crippen LogP contribution in [0.25, 0.3) is 6.08 Å². The Labute approximate surface area is 142 Å². The number of amides is 1. The van der Waals surface area contributed by atoms with E-state index < -0.39 is 23.0 Å². The Balaban J connectivity index is 1.69. The monoisotopic (exact) mass is 368 g/mol. The van der Waals surface area contributed by atoms with Crippen molar-refractivity contribution in [3.63, 3.8) is 0 Å². The van der Waals surface area contributed by atoms with E-state index in [1.54, 1.807) is 18.2 Å². The fraction of sp³-hybridized carbons (Fsp3) is 0.143. The van der Waals surface area contributed by atoms with Crippen molar-refractivity contribution >= 4 is 39.8 Å². The van der Waals surface area contributed by atoms with E-state index in [1.165, 1.54) is 6.08 Å². The summed E-state index contributed by atoms with van der Waals surface area (Å²) in [6.45, 7) is 0.0810. The summed E-state index contributed by atoms with van der Waals surface area (Å²) in [6.07, 6.45) is -3.33. The Bertz CT molecular complexity index is 907. The zero-order valence-corrected chi connectivity index (χ0v) is 12.9. The lowest BCUT2D eigenvalue weighted by atomic mass is 10.1. The predicted molar refractivity (Wildman–Crippen MR) is 83.6 cm³/mol. The van der Waals surface area contributed by atoms with Gasteiger partial charge in [0.15, 0.2) is 17.3 Å². The first-order valence-electron chi connectivity index (χ1n) is 6.80. The van der Waals surface area contributed by atoms with Crippen LogP contribution in [0.4, 0.5) is 13.2 Å². The molecule has 0 aromatic heterocycles. The average molecular weight is 368 g/mol. The number of alkyl halides is 3. The number of hydrazone groups is 1. The largest absolute Gasteiger partial charge is 0.454 e. The minimum atomic E-state index is -4.67. The first-order chi connectivity index (χ1) is 11.8. The van der Waals surface area contributed by atoms with Gasteiger partial charge in [-0.3, -0.25) is 10.2 Å². The molecule has 7 nitrogen and oxygen atoms in total. The Morgan fingerprint density at radius 2 is 2.04 bits per heavy atom. The van der Waals surface area contributed by atoms with Gasteiger partial charge in [-0.15, -0.1) is 0 Å². The maximum absolute atomic E-state index is 12.8. The summed E-state index contributed by atoms with van der Waals surface area (Å²) in [7, 11) is 0. The van der Waals surface area contributed by atoms with Crippen LogP contribution in [0.15, 0.2) is 33.9 Å². The van der Waals surface area contributed by atoms with Crippen LogP contribution < -0.4 is 9.47 Å². The molecule has 0 fully saturated rings. The Hall–Kier alpha value is -2.82. The lowest BCUT2D eigenvalue weighted by Gasteiger charge is -2.20. The molecule has 128 valence electrons. The predicted octanol–water partition coefficient (Wildman–Crippen LogP) is 2.60. The standard InChI is InChI=1S/C14H7F3N4O3S/c15-14(16,17)12-20-21-10(18)7(11(22)19-13(21)25-12)3-6-1-2-8-9(4-6)24-5-23-8/h1-4,18H,5H2/b7-3+,18-10?. The minimum absolute atomic E-state index is 0.0810. The second-order valence-electron chi connectivity index (χ2n) is 5.04. The number of rotatable bonds is 1. The van der Waals surface area contributed by atoms with Gasteiger partial charge in [0.25, 0.3) is 5.91 Å². The summed E-state index contributed by atoms with van der Waals surface area (Å²) in [5.41, 5.74) is 0.346. The molecule has 0 saturated carbocycles. The molecule has 1 N–H and O–H groups in total. The molecule has 0 saturated heterocycles. The fourth-order valence-electron chi connectivity index (χ4n) is 2.28. The van der Waals surface area contributed by atoms with E-state index >= 15 is 0 Å². The highest BCUT2D eigenvalue weighted by molar-refractivity contribution is 8.27. The van der Waals surface area contributed by atoms with Gasteiger partial charge in [-0.1, -0.05) is 6.07 Å². The van der Waals surface area contributed by atoms with Gasteiger partial charge in [-0.05, 0) is 35.5 Å². The molecule has 3 heterocycles. The highest BCUT2D eigenvalue weighted by Crippen LogP contribution is 2.36. The normalized spacial score (nSPS) is 20.8. The van der Waals surface area contributed by atoms with Crippen molar-refractivity contribution < 1.29 is 27.4 Å². The van der Waals surface area contributed by atoms with Gasteiger partial charge in [-0.2, -0.15) is 28.3 Å². The number of halogens is 3. The molecule has 1 aromatic carbocycles. The van der Waals surface area contributed by atoms with Crippen LogP contribution in [0.5, 0.6) is 11.5 Å². The molecule has 3 aliphatic heterocycles. The molecule has 3 aliphatic rings. The van der Waals surface area contributed by atoms with Gasteiger partial charge < -0.3 is 9.47 Å². The minimum Gasteiger partial charge on any atom is -0.454 e. The number of fused-ring (bicyclic) bond motifs is 2. The highest BCUT2D eigenvalue weighted by Gasteiger charge is 2.46. The van der Waals surface area contributed by atoms with Crippen molar-refractivity contribution in [2.75, 3.05) is 6.79 Å². The number of nitrogens with one attached hydrogen (secondary N) is 1. The lowest BCUT2D eigenvalue weighted by Crippen LogP contribution is -2.35. The van der Waals surface area contributed by atoms with Gasteiger partial charge in [0, 0.05) is 0 Å². The zero-order valence-electron chi connectivity index (χ0n) is 12.1. The van der Waals surface area contributed by atoms with Crippen LogP contribution in [0.2, 0.25) is 0 Å². The molecule has 1 amide bonds. The quantitative estimate of drug-likeness (QED) is 0.770. The van der Waals surface area contributed by atoms with Gasteiger partial charge in [0.2, 0.25) is 17.0 Å².